The molecule has 1 aromatic carbocycles. The normalized spacial score (nSPS) is 15.6. The molecule has 0 radical (unpaired) electrons. The van der Waals surface area contributed by atoms with E-state index in [1.807, 2.05) is 24.4 Å². The van der Waals surface area contributed by atoms with Crippen LogP contribution in [0.5, 0.6) is 0 Å². The third-order valence-electron chi connectivity index (χ3n) is 6.31. The van der Waals surface area contributed by atoms with E-state index in [2.05, 4.69) is 49.0 Å². The van der Waals surface area contributed by atoms with Gasteiger partial charge < -0.3 is 4.42 Å². The van der Waals surface area contributed by atoms with E-state index in [0.29, 0.717) is 5.71 Å². The topological polar surface area (TPSA) is 38.9 Å². The van der Waals surface area contributed by atoms with E-state index in [1.54, 1.807) is 0 Å². The minimum absolute atomic E-state index is 0.694. The van der Waals surface area contributed by atoms with Crippen LogP contribution in [0, 0.1) is 5.92 Å². The molecule has 0 spiro atoms. The van der Waals surface area contributed by atoms with Gasteiger partial charge in [0, 0.05) is 28.7 Å². The lowest BCUT2D eigenvalue weighted by Crippen LogP contribution is -2.41. The Kier molecular flexibility index (Phi) is 4.54. The fourth-order valence-corrected chi connectivity index (χ4v) is 6.36. The van der Waals surface area contributed by atoms with Crippen LogP contribution in [-0.2, 0) is 6.42 Å². The number of aromatic nitrogens is 2. The zero-order chi connectivity index (χ0) is 20.0. The number of para-hydroxylation sites is 1. The molecule has 0 atom stereocenters. The van der Waals surface area contributed by atoms with Crippen LogP contribution in [0.15, 0.2) is 53.2 Å². The molecule has 0 saturated heterocycles. The summed E-state index contributed by atoms with van der Waals surface area (Å²) in [7, 11) is -1.44. The average molecular weight is 401 g/mol. The van der Waals surface area contributed by atoms with Crippen molar-refractivity contribution in [3.05, 3.63) is 54.4 Å². The van der Waals surface area contributed by atoms with Crippen molar-refractivity contribution in [1.82, 2.24) is 9.97 Å². The van der Waals surface area contributed by atoms with E-state index in [9.17, 15) is 0 Å². The van der Waals surface area contributed by atoms with Gasteiger partial charge in [-0.15, -0.1) is 0 Å². The molecule has 4 heteroatoms. The van der Waals surface area contributed by atoms with Crippen LogP contribution < -0.4 is 5.19 Å². The number of furan rings is 1. The van der Waals surface area contributed by atoms with Crippen molar-refractivity contribution in [1.29, 1.82) is 0 Å². The molecule has 0 aliphatic heterocycles. The molecule has 0 amide bonds. The first-order valence-corrected chi connectivity index (χ1v) is 14.3. The lowest BCUT2D eigenvalue weighted by Gasteiger charge is -2.23. The number of pyridine rings is 2. The van der Waals surface area contributed by atoms with Gasteiger partial charge in [0.2, 0.25) is 5.71 Å². The van der Waals surface area contributed by atoms with E-state index in [-0.39, 0.29) is 0 Å². The smallest absolute Gasteiger partial charge is 0.227 e. The largest absolute Gasteiger partial charge is 0.438 e. The summed E-state index contributed by atoms with van der Waals surface area (Å²) in [6, 6.07) is 12.7. The van der Waals surface area contributed by atoms with Crippen LogP contribution in [0.25, 0.3) is 33.3 Å². The van der Waals surface area contributed by atoms with E-state index in [4.69, 9.17) is 9.40 Å². The summed E-state index contributed by atoms with van der Waals surface area (Å²) in [6.07, 6.45) is 10.8. The molecule has 1 aliphatic carbocycles. The molecule has 3 heterocycles. The first-order chi connectivity index (χ1) is 14.0. The van der Waals surface area contributed by atoms with Crippen molar-refractivity contribution in [2.75, 3.05) is 0 Å². The van der Waals surface area contributed by atoms with Gasteiger partial charge in [0.25, 0.3) is 0 Å². The summed E-state index contributed by atoms with van der Waals surface area (Å²) in [5.74, 6) is 0.832. The maximum absolute atomic E-state index is 5.89. The Hall–Kier alpha value is -2.46. The zero-order valence-corrected chi connectivity index (χ0v) is 18.5. The number of benzene rings is 1. The molecule has 3 aromatic heterocycles. The Morgan fingerprint density at radius 3 is 2.55 bits per heavy atom. The first-order valence-electron chi connectivity index (χ1n) is 10.8. The van der Waals surface area contributed by atoms with E-state index < -0.39 is 8.07 Å². The Bertz CT molecular complexity index is 1180. The predicted molar refractivity (Wildman–Crippen MR) is 123 cm³/mol. The quantitative estimate of drug-likeness (QED) is 0.376. The van der Waals surface area contributed by atoms with Crippen LogP contribution in [0.2, 0.25) is 19.6 Å². The number of nitrogens with zero attached hydrogens (tertiary/aromatic N) is 2. The number of hydrogen-bond acceptors (Lipinski definition) is 3. The zero-order valence-electron chi connectivity index (χ0n) is 17.5. The summed E-state index contributed by atoms with van der Waals surface area (Å²) in [6.45, 7) is 7.27. The van der Waals surface area contributed by atoms with Gasteiger partial charge in [-0.3, -0.25) is 4.98 Å². The third-order valence-corrected chi connectivity index (χ3v) is 8.38. The highest BCUT2D eigenvalue weighted by Crippen LogP contribution is 2.32. The fourth-order valence-electron chi connectivity index (χ4n) is 4.77. The molecule has 1 aliphatic rings. The minimum Gasteiger partial charge on any atom is -0.438 e. The lowest BCUT2D eigenvalue weighted by molar-refractivity contribution is 0.547. The molecule has 1 fully saturated rings. The van der Waals surface area contributed by atoms with Crippen molar-refractivity contribution in [2.45, 2.75) is 51.7 Å². The van der Waals surface area contributed by atoms with Gasteiger partial charge in [-0.05, 0) is 41.3 Å². The summed E-state index contributed by atoms with van der Waals surface area (Å²) >= 11 is 0. The second kappa shape index (κ2) is 7.10. The van der Waals surface area contributed by atoms with Crippen LogP contribution >= 0.6 is 0 Å². The molecule has 5 rings (SSSR count). The molecule has 0 N–H and O–H groups in total. The van der Waals surface area contributed by atoms with Gasteiger partial charge in [-0.1, -0.05) is 63.5 Å². The summed E-state index contributed by atoms with van der Waals surface area (Å²) < 4.78 is 5.89. The second-order valence-corrected chi connectivity index (χ2v) is 14.5. The standard InChI is InChI=1S/C25H28N2OSi/c1-29(2,3)24-16-26-22(14-18(24)12-17-8-4-5-9-17)19-13-21-20-10-6-7-11-23(20)28-25(21)27-15-19/h6-7,10-11,13-17H,4-5,8-9,12H2,1-3H3. The Labute approximate surface area is 173 Å². The van der Waals surface area contributed by atoms with Crippen LogP contribution in [-0.4, -0.2) is 18.0 Å². The van der Waals surface area contributed by atoms with Crippen LogP contribution in [0.3, 0.4) is 0 Å². The van der Waals surface area contributed by atoms with Crippen molar-refractivity contribution in [3.63, 3.8) is 0 Å². The highest BCUT2D eigenvalue weighted by Gasteiger charge is 2.24. The molecule has 1 saturated carbocycles. The van der Waals surface area contributed by atoms with Crippen molar-refractivity contribution in [3.8, 4) is 11.3 Å². The van der Waals surface area contributed by atoms with Gasteiger partial charge in [-0.25, -0.2) is 4.98 Å². The van der Waals surface area contributed by atoms with Crippen molar-refractivity contribution >= 4 is 35.3 Å². The third kappa shape index (κ3) is 3.50. The first kappa shape index (κ1) is 18.6. The molecule has 29 heavy (non-hydrogen) atoms. The average Bonchev–Trinajstić information content (AvgIpc) is 3.34. The summed E-state index contributed by atoms with van der Waals surface area (Å²) in [5, 5.41) is 3.68. The maximum Gasteiger partial charge on any atom is 0.227 e. The molecular formula is C25H28N2OSi. The number of rotatable bonds is 4. The Morgan fingerprint density at radius 2 is 1.76 bits per heavy atom. The predicted octanol–water partition coefficient (Wildman–Crippen LogP) is 6.32. The molecule has 0 unspecified atom stereocenters. The molecule has 4 aromatic rings. The van der Waals surface area contributed by atoms with Gasteiger partial charge in [-0.2, -0.15) is 0 Å². The Balaban J connectivity index is 1.60. The van der Waals surface area contributed by atoms with E-state index in [1.165, 1.54) is 42.9 Å². The molecule has 3 nitrogen and oxygen atoms in total. The van der Waals surface area contributed by atoms with Crippen molar-refractivity contribution in [2.24, 2.45) is 5.92 Å². The van der Waals surface area contributed by atoms with Gasteiger partial charge in [0.15, 0.2) is 0 Å². The van der Waals surface area contributed by atoms with Gasteiger partial charge in [0.1, 0.15) is 5.58 Å². The van der Waals surface area contributed by atoms with Gasteiger partial charge >= 0.3 is 0 Å². The lowest BCUT2D eigenvalue weighted by atomic mass is 9.97. The highest BCUT2D eigenvalue weighted by atomic mass is 28.3. The van der Waals surface area contributed by atoms with Crippen molar-refractivity contribution < 1.29 is 4.42 Å². The molecule has 148 valence electrons. The number of hydrogen-bond donors (Lipinski definition) is 0. The maximum atomic E-state index is 5.89. The van der Waals surface area contributed by atoms with Crippen LogP contribution in [0.4, 0.5) is 0 Å². The molecule has 0 bridgehead atoms. The Morgan fingerprint density at radius 1 is 0.966 bits per heavy atom. The molecular weight excluding hydrogens is 372 g/mol. The second-order valence-electron chi connectivity index (χ2n) is 9.51. The van der Waals surface area contributed by atoms with E-state index in [0.717, 1.165) is 33.5 Å². The SMILES string of the molecule is C[Si](C)(C)c1cnc(-c2cnc3oc4ccccc4c3c2)cc1CC1CCCC1. The van der Waals surface area contributed by atoms with E-state index >= 15 is 0 Å². The monoisotopic (exact) mass is 400 g/mol. The van der Waals surface area contributed by atoms with Gasteiger partial charge in [0.05, 0.1) is 13.8 Å². The number of fused-ring (bicyclic) bond motifs is 3. The van der Waals surface area contributed by atoms with Crippen LogP contribution in [0.1, 0.15) is 31.2 Å². The summed E-state index contributed by atoms with van der Waals surface area (Å²) in [4.78, 5) is 9.49. The highest BCUT2D eigenvalue weighted by molar-refractivity contribution is 6.89. The fraction of sp³-hybridized carbons (Fsp3) is 0.360. The summed E-state index contributed by atoms with van der Waals surface area (Å²) in [5.41, 5.74) is 5.19. The minimum atomic E-state index is -1.44.